The first-order valence-electron chi connectivity index (χ1n) is 9.19. The number of para-hydroxylation sites is 1. The van der Waals surface area contributed by atoms with Gasteiger partial charge in [0.15, 0.2) is 0 Å². The van der Waals surface area contributed by atoms with E-state index in [0.717, 1.165) is 47.2 Å². The summed E-state index contributed by atoms with van der Waals surface area (Å²) in [6.07, 6.45) is 2.35. The molecule has 4 rings (SSSR count). The summed E-state index contributed by atoms with van der Waals surface area (Å²) in [7, 11) is 0. The van der Waals surface area contributed by atoms with Crippen LogP contribution in [-0.4, -0.2) is 23.1 Å². The highest BCUT2D eigenvalue weighted by atomic mass is 19.1. The van der Waals surface area contributed by atoms with Crippen LogP contribution in [0.4, 0.5) is 16.2 Å². The molecule has 1 aliphatic rings. The number of aromatic nitrogens is 2. The normalized spacial score (nSPS) is 15.4. The molecule has 0 amide bonds. The van der Waals surface area contributed by atoms with E-state index in [9.17, 15) is 4.39 Å². The summed E-state index contributed by atoms with van der Waals surface area (Å²) in [6.45, 7) is 4.89. The number of rotatable bonds is 4. The molecular formula is C21H23FN4. The lowest BCUT2D eigenvalue weighted by molar-refractivity contribution is 0.435. The van der Waals surface area contributed by atoms with Crippen LogP contribution in [0.2, 0.25) is 0 Å². The van der Waals surface area contributed by atoms with Gasteiger partial charge in [0.05, 0.1) is 5.52 Å². The van der Waals surface area contributed by atoms with E-state index < -0.39 is 0 Å². The monoisotopic (exact) mass is 350 g/mol. The number of nitrogens with one attached hydrogen (secondary N) is 1. The molecule has 26 heavy (non-hydrogen) atoms. The van der Waals surface area contributed by atoms with Gasteiger partial charge >= 0.3 is 0 Å². The summed E-state index contributed by atoms with van der Waals surface area (Å²) in [4.78, 5) is 11.9. The number of halogens is 1. The second-order valence-corrected chi connectivity index (χ2v) is 7.04. The van der Waals surface area contributed by atoms with Crippen LogP contribution in [0.1, 0.15) is 25.3 Å². The lowest BCUT2D eigenvalue weighted by atomic mass is 10.00. The largest absolute Gasteiger partial charge is 0.365 e. The van der Waals surface area contributed by atoms with E-state index in [1.54, 1.807) is 12.1 Å². The lowest BCUT2D eigenvalue weighted by Gasteiger charge is -2.30. The molecule has 0 unspecified atom stereocenters. The van der Waals surface area contributed by atoms with Gasteiger partial charge in [0, 0.05) is 25.0 Å². The molecule has 0 aliphatic carbocycles. The summed E-state index contributed by atoms with van der Waals surface area (Å²) < 4.78 is 13.1. The molecule has 2 heterocycles. The SMILES string of the molecule is CC1CCN(c2nc(NCc3ccc(F)cc3)c3ccccc3n2)CC1. The molecule has 1 aromatic heterocycles. The van der Waals surface area contributed by atoms with Crippen molar-refractivity contribution in [1.82, 2.24) is 9.97 Å². The molecule has 1 fully saturated rings. The molecule has 1 aliphatic heterocycles. The number of benzene rings is 2. The molecule has 134 valence electrons. The Bertz CT molecular complexity index is 886. The first kappa shape index (κ1) is 16.8. The van der Waals surface area contributed by atoms with Crippen molar-refractivity contribution in [2.45, 2.75) is 26.3 Å². The number of nitrogens with zero attached hydrogens (tertiary/aromatic N) is 3. The average Bonchev–Trinajstić information content (AvgIpc) is 2.68. The molecule has 3 aromatic rings. The second-order valence-electron chi connectivity index (χ2n) is 7.04. The molecule has 2 aromatic carbocycles. The van der Waals surface area contributed by atoms with E-state index in [-0.39, 0.29) is 5.82 Å². The maximum Gasteiger partial charge on any atom is 0.227 e. The fraction of sp³-hybridized carbons (Fsp3) is 0.333. The van der Waals surface area contributed by atoms with Crippen LogP contribution in [0.15, 0.2) is 48.5 Å². The highest BCUT2D eigenvalue weighted by molar-refractivity contribution is 5.90. The Labute approximate surface area is 153 Å². The fourth-order valence-electron chi connectivity index (χ4n) is 3.34. The molecule has 0 bridgehead atoms. The van der Waals surface area contributed by atoms with Crippen LogP contribution >= 0.6 is 0 Å². The summed E-state index contributed by atoms with van der Waals surface area (Å²) in [5.74, 6) is 2.16. The minimum atomic E-state index is -0.220. The van der Waals surface area contributed by atoms with E-state index in [2.05, 4.69) is 17.1 Å². The molecule has 4 nitrogen and oxygen atoms in total. The smallest absolute Gasteiger partial charge is 0.227 e. The van der Waals surface area contributed by atoms with Gasteiger partial charge in [-0.25, -0.2) is 9.37 Å². The number of piperidine rings is 1. The minimum Gasteiger partial charge on any atom is -0.365 e. The van der Waals surface area contributed by atoms with Gasteiger partial charge < -0.3 is 10.2 Å². The molecule has 0 radical (unpaired) electrons. The summed E-state index contributed by atoms with van der Waals surface area (Å²) in [5, 5.41) is 4.41. The van der Waals surface area contributed by atoms with E-state index in [1.807, 2.05) is 24.3 Å². The van der Waals surface area contributed by atoms with E-state index in [1.165, 1.54) is 25.0 Å². The molecule has 1 N–H and O–H groups in total. The zero-order valence-corrected chi connectivity index (χ0v) is 15.0. The van der Waals surface area contributed by atoms with Crippen LogP contribution in [0.5, 0.6) is 0 Å². The predicted molar refractivity (Wildman–Crippen MR) is 104 cm³/mol. The quantitative estimate of drug-likeness (QED) is 0.745. The Morgan fingerprint density at radius 2 is 1.77 bits per heavy atom. The van der Waals surface area contributed by atoms with Crippen LogP contribution in [0.3, 0.4) is 0 Å². The Hall–Kier alpha value is -2.69. The third-order valence-electron chi connectivity index (χ3n) is 5.03. The van der Waals surface area contributed by atoms with Crippen molar-refractivity contribution in [1.29, 1.82) is 0 Å². The van der Waals surface area contributed by atoms with Gasteiger partial charge in [0.2, 0.25) is 5.95 Å². The van der Waals surface area contributed by atoms with Crippen LogP contribution in [0, 0.1) is 11.7 Å². The van der Waals surface area contributed by atoms with E-state index in [4.69, 9.17) is 9.97 Å². The van der Waals surface area contributed by atoms with E-state index in [0.29, 0.717) is 6.54 Å². The van der Waals surface area contributed by atoms with Crippen molar-refractivity contribution in [3.63, 3.8) is 0 Å². The zero-order valence-electron chi connectivity index (χ0n) is 15.0. The van der Waals surface area contributed by atoms with Gasteiger partial charge in [-0.15, -0.1) is 0 Å². The average molecular weight is 350 g/mol. The Morgan fingerprint density at radius 3 is 2.54 bits per heavy atom. The lowest BCUT2D eigenvalue weighted by Crippen LogP contribution is -2.34. The molecular weight excluding hydrogens is 327 g/mol. The third-order valence-corrected chi connectivity index (χ3v) is 5.03. The van der Waals surface area contributed by atoms with Crippen LogP contribution < -0.4 is 10.2 Å². The number of hydrogen-bond donors (Lipinski definition) is 1. The topological polar surface area (TPSA) is 41.1 Å². The van der Waals surface area contributed by atoms with Gasteiger partial charge in [-0.2, -0.15) is 4.98 Å². The van der Waals surface area contributed by atoms with Crippen molar-refractivity contribution < 1.29 is 4.39 Å². The second kappa shape index (κ2) is 7.28. The number of anilines is 2. The zero-order chi connectivity index (χ0) is 17.9. The van der Waals surface area contributed by atoms with E-state index >= 15 is 0 Å². The van der Waals surface area contributed by atoms with Gasteiger partial charge in [-0.05, 0) is 48.6 Å². The molecule has 5 heteroatoms. The predicted octanol–water partition coefficient (Wildman–Crippen LogP) is 4.62. The summed E-state index contributed by atoms with van der Waals surface area (Å²) in [5.41, 5.74) is 1.96. The van der Waals surface area contributed by atoms with Gasteiger partial charge in [0.1, 0.15) is 11.6 Å². The standard InChI is InChI=1S/C21H23FN4/c1-15-10-12-26(13-11-15)21-24-19-5-3-2-4-18(19)20(25-21)23-14-16-6-8-17(22)9-7-16/h2-9,15H,10-14H2,1H3,(H,23,24,25). The molecule has 0 atom stereocenters. The van der Waals surface area contributed by atoms with Crippen molar-refractivity contribution in [2.24, 2.45) is 5.92 Å². The van der Waals surface area contributed by atoms with Crippen LogP contribution in [-0.2, 0) is 6.54 Å². The first-order chi connectivity index (χ1) is 12.7. The highest BCUT2D eigenvalue weighted by Gasteiger charge is 2.19. The maximum absolute atomic E-state index is 13.1. The summed E-state index contributed by atoms with van der Waals surface area (Å²) in [6, 6.07) is 14.6. The molecule has 1 saturated heterocycles. The Balaban J connectivity index is 1.62. The van der Waals surface area contributed by atoms with Gasteiger partial charge in [-0.3, -0.25) is 0 Å². The first-order valence-corrected chi connectivity index (χ1v) is 9.19. The Morgan fingerprint density at radius 1 is 1.04 bits per heavy atom. The number of fused-ring (bicyclic) bond motifs is 1. The minimum absolute atomic E-state index is 0.220. The summed E-state index contributed by atoms with van der Waals surface area (Å²) >= 11 is 0. The van der Waals surface area contributed by atoms with Gasteiger partial charge in [-0.1, -0.05) is 31.2 Å². The Kier molecular flexibility index (Phi) is 4.69. The van der Waals surface area contributed by atoms with Crippen molar-refractivity contribution in [3.05, 3.63) is 59.9 Å². The molecule has 0 spiro atoms. The molecule has 0 saturated carbocycles. The van der Waals surface area contributed by atoms with Crippen LogP contribution in [0.25, 0.3) is 10.9 Å². The van der Waals surface area contributed by atoms with Gasteiger partial charge in [0.25, 0.3) is 0 Å². The van der Waals surface area contributed by atoms with Crippen molar-refractivity contribution in [2.75, 3.05) is 23.3 Å². The maximum atomic E-state index is 13.1. The third kappa shape index (κ3) is 3.62. The van der Waals surface area contributed by atoms with Crippen molar-refractivity contribution in [3.8, 4) is 0 Å². The fourth-order valence-corrected chi connectivity index (χ4v) is 3.34. The number of hydrogen-bond acceptors (Lipinski definition) is 4. The highest BCUT2D eigenvalue weighted by Crippen LogP contribution is 2.26. The van der Waals surface area contributed by atoms with Crippen molar-refractivity contribution >= 4 is 22.7 Å².